The first kappa shape index (κ1) is 16.7. The highest BCUT2D eigenvalue weighted by Crippen LogP contribution is 2.18. The van der Waals surface area contributed by atoms with Gasteiger partial charge in [0.2, 0.25) is 5.91 Å². The number of nitrogens with zero attached hydrogens (tertiary/aromatic N) is 2. The van der Waals surface area contributed by atoms with Gasteiger partial charge in [0.05, 0.1) is 12.5 Å². The first-order valence-electron chi connectivity index (χ1n) is 7.95. The van der Waals surface area contributed by atoms with E-state index in [0.717, 1.165) is 37.6 Å². The summed E-state index contributed by atoms with van der Waals surface area (Å²) in [5.41, 5.74) is 1.38. The van der Waals surface area contributed by atoms with Crippen molar-refractivity contribution in [1.82, 2.24) is 4.90 Å². The fourth-order valence-corrected chi connectivity index (χ4v) is 2.70. The summed E-state index contributed by atoms with van der Waals surface area (Å²) in [6.07, 6.45) is 2.45. The lowest BCUT2D eigenvalue weighted by molar-refractivity contribution is -0.402. The molecule has 1 aliphatic rings. The molecule has 3 rings (SSSR count). The Morgan fingerprint density at radius 3 is 2.40 bits per heavy atom. The monoisotopic (exact) mass is 343 g/mol. The zero-order valence-corrected chi connectivity index (χ0v) is 13.4. The van der Waals surface area contributed by atoms with Crippen LogP contribution < -0.4 is 5.32 Å². The minimum atomic E-state index is -0.705. The van der Waals surface area contributed by atoms with E-state index in [1.54, 1.807) is 24.3 Å². The van der Waals surface area contributed by atoms with Crippen molar-refractivity contribution in [3.05, 3.63) is 57.8 Å². The molecule has 130 valence electrons. The Hall–Kier alpha value is -3.16. The van der Waals surface area contributed by atoms with E-state index < -0.39 is 16.7 Å². The summed E-state index contributed by atoms with van der Waals surface area (Å²) >= 11 is 0. The summed E-state index contributed by atoms with van der Waals surface area (Å²) in [6.45, 7) is 1.64. The van der Waals surface area contributed by atoms with Crippen molar-refractivity contribution < 1.29 is 18.9 Å². The first-order chi connectivity index (χ1) is 12.0. The summed E-state index contributed by atoms with van der Waals surface area (Å²) in [5.74, 6) is -1.09. The molecule has 1 fully saturated rings. The van der Waals surface area contributed by atoms with Crippen molar-refractivity contribution in [2.75, 3.05) is 18.4 Å². The quantitative estimate of drug-likeness (QED) is 0.663. The number of nitrogens with one attached hydrogen (secondary N) is 1. The number of hydrogen-bond acceptors (Lipinski definition) is 5. The maximum atomic E-state index is 12.1. The Morgan fingerprint density at radius 1 is 1.12 bits per heavy atom. The molecule has 25 heavy (non-hydrogen) atoms. The fraction of sp³-hybridized carbons (Fsp3) is 0.294. The van der Waals surface area contributed by atoms with E-state index in [1.807, 2.05) is 4.90 Å². The van der Waals surface area contributed by atoms with Crippen molar-refractivity contribution in [1.29, 1.82) is 0 Å². The van der Waals surface area contributed by atoms with E-state index in [0.29, 0.717) is 12.1 Å². The second kappa shape index (κ2) is 7.16. The Labute approximate surface area is 143 Å². The predicted octanol–water partition coefficient (Wildman–Crippen LogP) is 2.61. The van der Waals surface area contributed by atoms with Gasteiger partial charge in [0.15, 0.2) is 5.76 Å². The van der Waals surface area contributed by atoms with Crippen molar-refractivity contribution in [3.63, 3.8) is 0 Å². The van der Waals surface area contributed by atoms with E-state index >= 15 is 0 Å². The summed E-state index contributed by atoms with van der Waals surface area (Å²) in [6, 6.07) is 9.28. The largest absolute Gasteiger partial charge is 0.433 e. The first-order valence-corrected chi connectivity index (χ1v) is 7.95. The molecule has 2 aromatic rings. The zero-order valence-electron chi connectivity index (χ0n) is 13.4. The Bertz CT molecular complexity index is 791. The van der Waals surface area contributed by atoms with Crippen LogP contribution in [-0.4, -0.2) is 34.7 Å². The van der Waals surface area contributed by atoms with Gasteiger partial charge in [-0.3, -0.25) is 19.7 Å². The van der Waals surface area contributed by atoms with Gasteiger partial charge in [-0.15, -0.1) is 0 Å². The lowest BCUT2D eigenvalue weighted by Crippen LogP contribution is -2.29. The number of likely N-dealkylation sites (tertiary alicyclic amines) is 1. The smallest absolute Gasteiger partial charge is 0.395 e. The maximum Gasteiger partial charge on any atom is 0.433 e. The van der Waals surface area contributed by atoms with Crippen molar-refractivity contribution in [2.24, 2.45) is 0 Å². The Kier molecular flexibility index (Phi) is 4.78. The Balaban J connectivity index is 1.58. The van der Waals surface area contributed by atoms with Crippen LogP contribution in [0.5, 0.6) is 0 Å². The third kappa shape index (κ3) is 4.03. The van der Waals surface area contributed by atoms with Crippen LogP contribution in [0.1, 0.15) is 29.0 Å². The zero-order chi connectivity index (χ0) is 17.8. The molecule has 0 radical (unpaired) electrons. The van der Waals surface area contributed by atoms with E-state index in [4.69, 9.17) is 4.42 Å². The Morgan fingerprint density at radius 2 is 1.80 bits per heavy atom. The molecule has 0 unspecified atom stereocenters. The summed E-state index contributed by atoms with van der Waals surface area (Å²) in [4.78, 5) is 35.8. The van der Waals surface area contributed by atoms with E-state index in [9.17, 15) is 19.7 Å². The van der Waals surface area contributed by atoms with Crippen LogP contribution in [0, 0.1) is 10.1 Å². The number of furan rings is 1. The number of nitro groups is 1. The van der Waals surface area contributed by atoms with E-state index in [2.05, 4.69) is 5.32 Å². The molecule has 1 aromatic carbocycles. The van der Waals surface area contributed by atoms with Gasteiger partial charge in [0.1, 0.15) is 4.92 Å². The highest BCUT2D eigenvalue weighted by molar-refractivity contribution is 6.02. The van der Waals surface area contributed by atoms with Crippen molar-refractivity contribution >= 4 is 23.4 Å². The average molecular weight is 343 g/mol. The van der Waals surface area contributed by atoms with Crippen LogP contribution in [0.25, 0.3) is 0 Å². The molecule has 8 heteroatoms. The number of hydrogen-bond donors (Lipinski definition) is 1. The molecular weight excluding hydrogens is 326 g/mol. The molecule has 8 nitrogen and oxygen atoms in total. The maximum absolute atomic E-state index is 12.1. The topological polar surface area (TPSA) is 106 Å². The second-order valence-electron chi connectivity index (χ2n) is 5.81. The van der Waals surface area contributed by atoms with Crippen LogP contribution >= 0.6 is 0 Å². The SMILES string of the molecule is O=C(Nc1ccc(CC(=O)N2CCCC2)cc1)c1ccc([N+](=O)[O-])o1. The molecule has 0 aliphatic carbocycles. The number of amides is 2. The van der Waals surface area contributed by atoms with Gasteiger partial charge in [-0.05, 0) is 36.6 Å². The minimum absolute atomic E-state index is 0.109. The molecular formula is C17H17N3O5. The molecule has 0 atom stereocenters. The standard InChI is InChI=1S/C17H17N3O5/c21-15(19-9-1-2-10-19)11-12-3-5-13(6-4-12)18-17(22)14-7-8-16(25-14)20(23)24/h3-8H,1-2,9-11H2,(H,18,22). The van der Waals surface area contributed by atoms with E-state index in [1.165, 1.54) is 6.07 Å². The van der Waals surface area contributed by atoms with Crippen molar-refractivity contribution in [3.8, 4) is 0 Å². The minimum Gasteiger partial charge on any atom is -0.395 e. The molecule has 1 N–H and O–H groups in total. The number of carbonyl (C=O) groups excluding carboxylic acids is 2. The summed E-state index contributed by atoms with van der Waals surface area (Å²) in [7, 11) is 0. The molecule has 1 saturated heterocycles. The van der Waals surface area contributed by atoms with Crippen LogP contribution in [0.15, 0.2) is 40.8 Å². The second-order valence-corrected chi connectivity index (χ2v) is 5.81. The number of rotatable bonds is 5. The normalized spacial score (nSPS) is 13.7. The molecule has 2 amide bonds. The fourth-order valence-electron chi connectivity index (χ4n) is 2.70. The molecule has 0 spiro atoms. The van der Waals surface area contributed by atoms with Gasteiger partial charge in [-0.2, -0.15) is 0 Å². The van der Waals surface area contributed by atoms with Crippen LogP contribution in [0.4, 0.5) is 11.6 Å². The highest BCUT2D eigenvalue weighted by Gasteiger charge is 2.19. The van der Waals surface area contributed by atoms with Crippen LogP contribution in [0.3, 0.4) is 0 Å². The molecule has 1 aromatic heterocycles. The highest BCUT2D eigenvalue weighted by atomic mass is 16.6. The molecule has 1 aliphatic heterocycles. The lowest BCUT2D eigenvalue weighted by atomic mass is 10.1. The van der Waals surface area contributed by atoms with Crippen molar-refractivity contribution in [2.45, 2.75) is 19.3 Å². The van der Waals surface area contributed by atoms with Crippen LogP contribution in [-0.2, 0) is 11.2 Å². The van der Waals surface area contributed by atoms with Gasteiger partial charge in [-0.1, -0.05) is 12.1 Å². The molecule has 2 heterocycles. The van der Waals surface area contributed by atoms with Gasteiger partial charge >= 0.3 is 5.88 Å². The predicted molar refractivity (Wildman–Crippen MR) is 89.3 cm³/mol. The third-order valence-corrected chi connectivity index (χ3v) is 4.02. The van der Waals surface area contributed by atoms with Gasteiger partial charge in [0.25, 0.3) is 5.91 Å². The van der Waals surface area contributed by atoms with E-state index in [-0.39, 0.29) is 11.7 Å². The number of anilines is 1. The average Bonchev–Trinajstić information content (AvgIpc) is 3.28. The summed E-state index contributed by atoms with van der Waals surface area (Å²) < 4.78 is 4.85. The molecule has 0 saturated carbocycles. The third-order valence-electron chi connectivity index (χ3n) is 4.02. The number of benzene rings is 1. The summed E-state index contributed by atoms with van der Waals surface area (Å²) in [5, 5.41) is 13.2. The number of carbonyl (C=O) groups is 2. The lowest BCUT2D eigenvalue weighted by Gasteiger charge is -2.15. The van der Waals surface area contributed by atoms with Gasteiger partial charge < -0.3 is 14.6 Å². The van der Waals surface area contributed by atoms with Gasteiger partial charge in [-0.25, -0.2) is 0 Å². The van der Waals surface area contributed by atoms with Crippen LogP contribution in [0.2, 0.25) is 0 Å². The molecule has 0 bridgehead atoms. The van der Waals surface area contributed by atoms with Gasteiger partial charge in [0, 0.05) is 18.8 Å².